The van der Waals surface area contributed by atoms with E-state index in [2.05, 4.69) is 20.9 Å². The Labute approximate surface area is 102 Å². The highest BCUT2D eigenvalue weighted by atomic mass is 79.9. The van der Waals surface area contributed by atoms with Gasteiger partial charge in [0.15, 0.2) is 5.78 Å². The SMILES string of the molecule is CN1CC[C@H](C(=O)c2cncc(Br)c2)C1=O. The third-order valence-corrected chi connectivity index (χ3v) is 3.17. The van der Waals surface area contributed by atoms with Crippen molar-refractivity contribution in [2.75, 3.05) is 13.6 Å². The summed E-state index contributed by atoms with van der Waals surface area (Å²) >= 11 is 3.26. The van der Waals surface area contributed by atoms with Crippen molar-refractivity contribution in [2.24, 2.45) is 5.92 Å². The molecule has 0 N–H and O–H groups in total. The summed E-state index contributed by atoms with van der Waals surface area (Å²) < 4.78 is 0.747. The van der Waals surface area contributed by atoms with Gasteiger partial charge in [-0.2, -0.15) is 0 Å². The standard InChI is InChI=1S/C11H11BrN2O2/c1-14-3-2-9(11(14)16)10(15)7-4-8(12)6-13-5-7/h4-6,9H,2-3H2,1H3/t9-/m1/s1. The molecule has 0 aromatic carbocycles. The van der Waals surface area contributed by atoms with E-state index in [-0.39, 0.29) is 11.7 Å². The molecule has 1 atom stereocenters. The molecule has 1 amide bonds. The second-order valence-corrected chi connectivity index (χ2v) is 4.77. The summed E-state index contributed by atoms with van der Waals surface area (Å²) in [5, 5.41) is 0. The molecule has 4 nitrogen and oxygen atoms in total. The van der Waals surface area contributed by atoms with Crippen LogP contribution in [0.5, 0.6) is 0 Å². The lowest BCUT2D eigenvalue weighted by Crippen LogP contribution is -2.27. The van der Waals surface area contributed by atoms with Gasteiger partial charge in [-0.05, 0) is 28.4 Å². The van der Waals surface area contributed by atoms with Crippen LogP contribution in [0.1, 0.15) is 16.8 Å². The Hall–Kier alpha value is -1.23. The summed E-state index contributed by atoms with van der Waals surface area (Å²) in [6, 6.07) is 1.70. The second kappa shape index (κ2) is 4.33. The first-order valence-corrected chi connectivity index (χ1v) is 5.78. The maximum absolute atomic E-state index is 12.0. The van der Waals surface area contributed by atoms with Gasteiger partial charge in [0, 0.05) is 36.0 Å². The summed E-state index contributed by atoms with van der Waals surface area (Å²) in [4.78, 5) is 29.2. The van der Waals surface area contributed by atoms with Gasteiger partial charge in [0.05, 0.1) is 0 Å². The number of ketones is 1. The number of Topliss-reactive ketones (excluding diaryl/α,β-unsaturated/α-hetero) is 1. The molecule has 1 aliphatic rings. The van der Waals surface area contributed by atoms with Crippen LogP contribution in [0.3, 0.4) is 0 Å². The number of hydrogen-bond donors (Lipinski definition) is 0. The average molecular weight is 283 g/mol. The molecule has 0 unspecified atom stereocenters. The van der Waals surface area contributed by atoms with Crippen LogP contribution in [0.4, 0.5) is 0 Å². The van der Waals surface area contributed by atoms with Gasteiger partial charge in [-0.3, -0.25) is 14.6 Å². The van der Waals surface area contributed by atoms with Crippen LogP contribution in [-0.4, -0.2) is 35.2 Å². The van der Waals surface area contributed by atoms with Crippen molar-refractivity contribution >= 4 is 27.6 Å². The van der Waals surface area contributed by atoms with E-state index in [1.54, 1.807) is 24.2 Å². The number of carbonyl (C=O) groups is 2. The monoisotopic (exact) mass is 282 g/mol. The van der Waals surface area contributed by atoms with Crippen molar-refractivity contribution in [2.45, 2.75) is 6.42 Å². The van der Waals surface area contributed by atoms with Crippen molar-refractivity contribution in [3.05, 3.63) is 28.5 Å². The molecule has 1 fully saturated rings. The number of aromatic nitrogens is 1. The number of hydrogen-bond acceptors (Lipinski definition) is 3. The van der Waals surface area contributed by atoms with E-state index in [0.717, 1.165) is 4.47 Å². The first-order chi connectivity index (χ1) is 7.59. The molecule has 0 spiro atoms. The van der Waals surface area contributed by atoms with Gasteiger partial charge >= 0.3 is 0 Å². The topological polar surface area (TPSA) is 50.3 Å². The molecule has 0 saturated carbocycles. The minimum absolute atomic E-state index is 0.0926. The molecule has 16 heavy (non-hydrogen) atoms. The fourth-order valence-electron chi connectivity index (χ4n) is 1.81. The quantitative estimate of drug-likeness (QED) is 0.610. The molecular formula is C11H11BrN2O2. The Bertz CT molecular complexity index is 447. The van der Waals surface area contributed by atoms with E-state index in [4.69, 9.17) is 0 Å². The minimum atomic E-state index is -0.527. The van der Waals surface area contributed by atoms with Crippen LogP contribution in [0.15, 0.2) is 22.9 Å². The predicted octanol–water partition coefficient (Wildman–Crippen LogP) is 1.51. The Balaban J connectivity index is 2.23. The fraction of sp³-hybridized carbons (Fsp3) is 0.364. The summed E-state index contributed by atoms with van der Waals surface area (Å²) in [6.45, 7) is 0.649. The number of halogens is 1. The van der Waals surface area contributed by atoms with Crippen LogP contribution in [-0.2, 0) is 4.79 Å². The first kappa shape index (κ1) is 11.3. The third kappa shape index (κ3) is 2.00. The van der Waals surface area contributed by atoms with E-state index < -0.39 is 5.92 Å². The Kier molecular flexibility index (Phi) is 3.05. The summed E-state index contributed by atoms with van der Waals surface area (Å²) in [6.07, 6.45) is 3.71. The molecule has 1 aromatic heterocycles. The van der Waals surface area contributed by atoms with Crippen molar-refractivity contribution in [3.8, 4) is 0 Å². The predicted molar refractivity (Wildman–Crippen MR) is 62.0 cm³/mol. The van der Waals surface area contributed by atoms with Crippen LogP contribution in [0, 0.1) is 5.92 Å². The molecule has 2 rings (SSSR count). The van der Waals surface area contributed by atoms with E-state index in [0.29, 0.717) is 18.5 Å². The molecule has 0 aliphatic carbocycles. The normalized spacial score (nSPS) is 20.2. The van der Waals surface area contributed by atoms with E-state index in [9.17, 15) is 9.59 Å². The van der Waals surface area contributed by atoms with Gasteiger partial charge in [-0.15, -0.1) is 0 Å². The van der Waals surface area contributed by atoms with Gasteiger partial charge in [0.1, 0.15) is 5.92 Å². The number of rotatable bonds is 2. The zero-order chi connectivity index (χ0) is 11.7. The summed E-state index contributed by atoms with van der Waals surface area (Å²) in [5.74, 6) is -0.755. The number of carbonyl (C=O) groups excluding carboxylic acids is 2. The van der Waals surface area contributed by atoms with E-state index >= 15 is 0 Å². The molecule has 1 saturated heterocycles. The van der Waals surface area contributed by atoms with Crippen LogP contribution in [0.2, 0.25) is 0 Å². The Morgan fingerprint density at radius 2 is 2.31 bits per heavy atom. The molecule has 5 heteroatoms. The van der Waals surface area contributed by atoms with Gasteiger partial charge in [-0.1, -0.05) is 0 Å². The third-order valence-electron chi connectivity index (χ3n) is 2.73. The Morgan fingerprint density at radius 3 is 2.88 bits per heavy atom. The molecule has 0 bridgehead atoms. The molecule has 84 valence electrons. The smallest absolute Gasteiger partial charge is 0.233 e. The van der Waals surface area contributed by atoms with E-state index in [1.165, 1.54) is 6.20 Å². The van der Waals surface area contributed by atoms with Gasteiger partial charge < -0.3 is 4.90 Å². The number of amides is 1. The average Bonchev–Trinajstić information content (AvgIpc) is 2.59. The minimum Gasteiger partial charge on any atom is -0.345 e. The largest absolute Gasteiger partial charge is 0.345 e. The van der Waals surface area contributed by atoms with Crippen LogP contribution < -0.4 is 0 Å². The van der Waals surface area contributed by atoms with Crippen LogP contribution in [0.25, 0.3) is 0 Å². The molecule has 0 radical (unpaired) electrons. The van der Waals surface area contributed by atoms with Gasteiger partial charge in [0.25, 0.3) is 0 Å². The number of likely N-dealkylation sites (tertiary alicyclic amines) is 1. The highest BCUT2D eigenvalue weighted by Gasteiger charge is 2.35. The molecule has 1 aliphatic heterocycles. The highest BCUT2D eigenvalue weighted by molar-refractivity contribution is 9.10. The first-order valence-electron chi connectivity index (χ1n) is 4.99. The van der Waals surface area contributed by atoms with Crippen molar-refractivity contribution in [1.29, 1.82) is 0 Å². The lowest BCUT2D eigenvalue weighted by atomic mass is 9.97. The molecular weight excluding hydrogens is 272 g/mol. The van der Waals surface area contributed by atoms with Gasteiger partial charge in [0.2, 0.25) is 5.91 Å². The summed E-state index contributed by atoms with van der Waals surface area (Å²) in [5.41, 5.74) is 0.489. The van der Waals surface area contributed by atoms with Crippen molar-refractivity contribution in [1.82, 2.24) is 9.88 Å². The maximum Gasteiger partial charge on any atom is 0.233 e. The second-order valence-electron chi connectivity index (χ2n) is 3.86. The van der Waals surface area contributed by atoms with Crippen molar-refractivity contribution < 1.29 is 9.59 Å². The summed E-state index contributed by atoms with van der Waals surface area (Å²) in [7, 11) is 1.72. The zero-order valence-corrected chi connectivity index (χ0v) is 10.4. The number of nitrogens with zero attached hydrogens (tertiary/aromatic N) is 2. The maximum atomic E-state index is 12.0. The van der Waals surface area contributed by atoms with E-state index in [1.807, 2.05) is 0 Å². The van der Waals surface area contributed by atoms with Crippen molar-refractivity contribution in [3.63, 3.8) is 0 Å². The Morgan fingerprint density at radius 1 is 1.56 bits per heavy atom. The van der Waals surface area contributed by atoms with Gasteiger partial charge in [-0.25, -0.2) is 0 Å². The highest BCUT2D eigenvalue weighted by Crippen LogP contribution is 2.22. The fourth-order valence-corrected chi connectivity index (χ4v) is 2.18. The zero-order valence-electron chi connectivity index (χ0n) is 8.81. The lowest BCUT2D eigenvalue weighted by Gasteiger charge is -2.09. The van der Waals surface area contributed by atoms with Crippen LogP contribution >= 0.6 is 15.9 Å². The molecule has 1 aromatic rings. The number of pyridine rings is 1. The lowest BCUT2D eigenvalue weighted by molar-refractivity contribution is -0.128. The molecule has 2 heterocycles.